The van der Waals surface area contributed by atoms with Crippen LogP contribution in [0.1, 0.15) is 31.8 Å². The number of hydrogen-bond donors (Lipinski definition) is 0. The van der Waals surface area contributed by atoms with Crippen molar-refractivity contribution in [2.24, 2.45) is 0 Å². The Labute approximate surface area is 150 Å². The number of carbonyl (C=O) groups excluding carboxylic acids is 2. The average molecular weight is 344 g/mol. The number of fused-ring (bicyclic) bond motifs is 2. The topological polar surface area (TPSA) is 60.4 Å². The smallest absolute Gasteiger partial charge is 0.194 e. The number of ketones is 2. The van der Waals surface area contributed by atoms with Gasteiger partial charge in [0.25, 0.3) is 0 Å². The van der Waals surface area contributed by atoms with Gasteiger partial charge in [0, 0.05) is 22.3 Å². The molecular weight excluding hydrogens is 328 g/mol. The third-order valence-corrected chi connectivity index (χ3v) is 3.68. The molecule has 0 saturated carbocycles. The minimum Gasteiger partial charge on any atom is -0.473 e. The third-order valence-electron chi connectivity index (χ3n) is 3.68. The molecule has 5 rings (SSSR count). The van der Waals surface area contributed by atoms with Crippen molar-refractivity contribution >= 4 is 11.6 Å². The van der Waals surface area contributed by atoms with Gasteiger partial charge in [0.15, 0.2) is 11.6 Å². The monoisotopic (exact) mass is 344 g/mol. The molecule has 4 aromatic rings. The minimum atomic E-state index is -0.0641. The van der Waals surface area contributed by atoms with Crippen molar-refractivity contribution < 1.29 is 18.4 Å². The molecule has 26 heavy (non-hydrogen) atoms. The van der Waals surface area contributed by atoms with Crippen LogP contribution in [0, 0.1) is 0 Å². The third kappa shape index (κ3) is 3.87. The summed E-state index contributed by atoms with van der Waals surface area (Å²) in [5, 5.41) is 0. The zero-order valence-electron chi connectivity index (χ0n) is 13.9. The van der Waals surface area contributed by atoms with Crippen LogP contribution in [-0.2, 0) is 0 Å². The molecule has 1 aliphatic rings. The van der Waals surface area contributed by atoms with Crippen LogP contribution in [0.25, 0.3) is 0 Å². The van der Waals surface area contributed by atoms with Crippen molar-refractivity contribution in [2.75, 3.05) is 0 Å². The Bertz CT molecular complexity index is 801. The maximum Gasteiger partial charge on any atom is 0.194 e. The van der Waals surface area contributed by atoms with Crippen LogP contribution < -0.4 is 0 Å². The molecule has 2 aromatic carbocycles. The fourth-order valence-electron chi connectivity index (χ4n) is 2.50. The molecule has 0 unspecified atom stereocenters. The SMILES string of the molecule is O=C1c2ccccc2C(=O)c2ccccc21.c1ccoc1.c1ccoc1. The molecule has 128 valence electrons. The van der Waals surface area contributed by atoms with Gasteiger partial charge in [-0.2, -0.15) is 0 Å². The van der Waals surface area contributed by atoms with Gasteiger partial charge in [-0.05, 0) is 24.3 Å². The van der Waals surface area contributed by atoms with Crippen molar-refractivity contribution in [1.29, 1.82) is 0 Å². The van der Waals surface area contributed by atoms with E-state index in [2.05, 4.69) is 8.83 Å². The molecule has 0 fully saturated rings. The lowest BCUT2D eigenvalue weighted by Crippen LogP contribution is -2.20. The van der Waals surface area contributed by atoms with Gasteiger partial charge in [0.2, 0.25) is 0 Å². The van der Waals surface area contributed by atoms with Gasteiger partial charge in [-0.1, -0.05) is 48.5 Å². The normalized spacial score (nSPS) is 11.2. The van der Waals surface area contributed by atoms with E-state index in [0.29, 0.717) is 22.3 Å². The summed E-state index contributed by atoms with van der Waals surface area (Å²) in [6, 6.07) is 21.2. The van der Waals surface area contributed by atoms with Crippen LogP contribution in [0.15, 0.2) is 107 Å². The van der Waals surface area contributed by atoms with Gasteiger partial charge in [-0.15, -0.1) is 0 Å². The van der Waals surface area contributed by atoms with Gasteiger partial charge >= 0.3 is 0 Å². The van der Waals surface area contributed by atoms with Crippen LogP contribution in [0.2, 0.25) is 0 Å². The molecule has 2 aromatic heterocycles. The summed E-state index contributed by atoms with van der Waals surface area (Å²) < 4.78 is 9.17. The van der Waals surface area contributed by atoms with Crippen LogP contribution >= 0.6 is 0 Å². The summed E-state index contributed by atoms with van der Waals surface area (Å²) >= 11 is 0. The number of furan rings is 2. The zero-order chi connectivity index (χ0) is 18.2. The summed E-state index contributed by atoms with van der Waals surface area (Å²) in [6.45, 7) is 0. The molecule has 0 aliphatic heterocycles. The van der Waals surface area contributed by atoms with Crippen molar-refractivity contribution in [2.45, 2.75) is 0 Å². The molecular formula is C22H16O4. The average Bonchev–Trinajstić information content (AvgIpc) is 3.45. The van der Waals surface area contributed by atoms with Gasteiger partial charge < -0.3 is 8.83 Å². The van der Waals surface area contributed by atoms with Gasteiger partial charge in [0.1, 0.15) is 0 Å². The van der Waals surface area contributed by atoms with E-state index in [4.69, 9.17) is 0 Å². The Morgan fingerprint density at radius 3 is 0.885 bits per heavy atom. The van der Waals surface area contributed by atoms with Crippen LogP contribution in [0.5, 0.6) is 0 Å². The quantitative estimate of drug-likeness (QED) is 0.396. The second-order valence-corrected chi connectivity index (χ2v) is 5.34. The molecule has 4 heteroatoms. The van der Waals surface area contributed by atoms with E-state index in [1.54, 1.807) is 73.6 Å². The highest BCUT2D eigenvalue weighted by atomic mass is 16.3. The lowest BCUT2D eigenvalue weighted by Gasteiger charge is -2.16. The molecule has 0 bridgehead atoms. The largest absolute Gasteiger partial charge is 0.473 e. The predicted octanol–water partition coefficient (Wildman–Crippen LogP) is 5.02. The van der Waals surface area contributed by atoms with Crippen LogP contribution in [0.4, 0.5) is 0 Å². The Hall–Kier alpha value is -3.66. The van der Waals surface area contributed by atoms with Crippen molar-refractivity contribution in [3.63, 3.8) is 0 Å². The highest BCUT2D eigenvalue weighted by Gasteiger charge is 2.28. The zero-order valence-corrected chi connectivity index (χ0v) is 13.9. The maximum atomic E-state index is 12.1. The van der Waals surface area contributed by atoms with Gasteiger partial charge in [-0.3, -0.25) is 9.59 Å². The fourth-order valence-corrected chi connectivity index (χ4v) is 2.50. The first-order valence-electron chi connectivity index (χ1n) is 8.01. The van der Waals surface area contributed by atoms with E-state index in [-0.39, 0.29) is 11.6 Å². The summed E-state index contributed by atoms with van der Waals surface area (Å²) in [4.78, 5) is 24.2. The fraction of sp³-hybridized carbons (Fsp3) is 0. The first-order valence-corrected chi connectivity index (χ1v) is 8.01. The van der Waals surface area contributed by atoms with E-state index in [0.717, 1.165) is 0 Å². The molecule has 0 amide bonds. The number of hydrogen-bond acceptors (Lipinski definition) is 4. The number of benzene rings is 2. The summed E-state index contributed by atoms with van der Waals surface area (Å²) in [5.74, 6) is -0.128. The Morgan fingerprint density at radius 1 is 0.423 bits per heavy atom. The Morgan fingerprint density at radius 2 is 0.692 bits per heavy atom. The first-order chi connectivity index (χ1) is 12.8. The summed E-state index contributed by atoms with van der Waals surface area (Å²) in [6.07, 6.45) is 6.50. The first kappa shape index (κ1) is 17.2. The molecule has 0 spiro atoms. The van der Waals surface area contributed by atoms with Crippen LogP contribution in [-0.4, -0.2) is 11.6 Å². The molecule has 4 nitrogen and oxygen atoms in total. The summed E-state index contributed by atoms with van der Waals surface area (Å²) in [7, 11) is 0. The highest BCUT2D eigenvalue weighted by Crippen LogP contribution is 2.26. The Kier molecular flexibility index (Phi) is 5.58. The van der Waals surface area contributed by atoms with E-state index in [1.807, 2.05) is 24.3 Å². The van der Waals surface area contributed by atoms with Gasteiger partial charge in [0.05, 0.1) is 25.1 Å². The molecule has 2 heterocycles. The van der Waals surface area contributed by atoms with E-state index in [1.165, 1.54) is 0 Å². The van der Waals surface area contributed by atoms with E-state index < -0.39 is 0 Å². The standard InChI is InChI=1S/C14H8O2.2C4H4O/c15-13-9-5-1-2-6-10(9)14(16)12-8-4-3-7-11(12)13;2*1-2-4-5-3-1/h1-8H;2*1-4H. The molecule has 1 aliphatic carbocycles. The number of rotatable bonds is 0. The Balaban J connectivity index is 0.000000159. The molecule has 0 saturated heterocycles. The van der Waals surface area contributed by atoms with Crippen LogP contribution in [0.3, 0.4) is 0 Å². The van der Waals surface area contributed by atoms with E-state index >= 15 is 0 Å². The van der Waals surface area contributed by atoms with E-state index in [9.17, 15) is 9.59 Å². The summed E-state index contributed by atoms with van der Waals surface area (Å²) in [5.41, 5.74) is 2.02. The lowest BCUT2D eigenvalue weighted by atomic mass is 9.84. The highest BCUT2D eigenvalue weighted by molar-refractivity contribution is 6.28. The minimum absolute atomic E-state index is 0.0641. The second-order valence-electron chi connectivity index (χ2n) is 5.34. The van der Waals surface area contributed by atoms with Crippen molar-refractivity contribution in [3.05, 3.63) is 120 Å². The lowest BCUT2D eigenvalue weighted by molar-refractivity contribution is 0.0979. The molecule has 0 atom stereocenters. The van der Waals surface area contributed by atoms with Crippen molar-refractivity contribution in [1.82, 2.24) is 0 Å². The molecule has 0 N–H and O–H groups in total. The van der Waals surface area contributed by atoms with Gasteiger partial charge in [-0.25, -0.2) is 0 Å². The molecule has 0 radical (unpaired) electrons. The maximum absolute atomic E-state index is 12.1. The second kappa shape index (κ2) is 8.44. The van der Waals surface area contributed by atoms with Crippen molar-refractivity contribution in [3.8, 4) is 0 Å². The number of carbonyl (C=O) groups is 2. The predicted molar refractivity (Wildman–Crippen MR) is 97.2 cm³/mol.